The van der Waals surface area contributed by atoms with Crippen LogP contribution in [-0.2, 0) is 4.79 Å². The quantitative estimate of drug-likeness (QED) is 0.865. The van der Waals surface area contributed by atoms with E-state index in [2.05, 4.69) is 5.32 Å². The highest BCUT2D eigenvalue weighted by Gasteiger charge is 2.67. The van der Waals surface area contributed by atoms with Gasteiger partial charge in [0.1, 0.15) is 4.33 Å². The molecule has 1 aromatic carbocycles. The maximum atomic E-state index is 12.2. The number of para-hydroxylation sites is 2. The van der Waals surface area contributed by atoms with Crippen molar-refractivity contribution in [1.82, 2.24) is 0 Å². The first-order valence-electron chi connectivity index (χ1n) is 5.73. The van der Waals surface area contributed by atoms with Crippen molar-refractivity contribution in [3.63, 3.8) is 0 Å². The summed E-state index contributed by atoms with van der Waals surface area (Å²) in [6, 6.07) is 7.62. The van der Waals surface area contributed by atoms with Gasteiger partial charge in [-0.1, -0.05) is 12.1 Å². The third-order valence-electron chi connectivity index (χ3n) is 3.39. The summed E-state index contributed by atoms with van der Waals surface area (Å²) in [5.41, 5.74) is 1.02. The Balaban J connectivity index is 2.19. The molecule has 1 N–H and O–H groups in total. The van der Waals surface area contributed by atoms with Gasteiger partial charge in [0.2, 0.25) is 5.91 Å². The molecule has 1 amide bonds. The van der Waals surface area contributed by atoms with Gasteiger partial charge >= 0.3 is 0 Å². The van der Waals surface area contributed by atoms with Gasteiger partial charge in [-0.2, -0.15) is 0 Å². The Bertz CT molecular complexity index is 488. The van der Waals surface area contributed by atoms with Crippen LogP contribution >= 0.6 is 23.2 Å². The van der Waals surface area contributed by atoms with Crippen molar-refractivity contribution < 1.29 is 4.79 Å². The molecule has 2 rings (SSSR count). The van der Waals surface area contributed by atoms with E-state index in [1.165, 1.54) is 0 Å². The zero-order valence-electron chi connectivity index (χ0n) is 10.6. The van der Waals surface area contributed by atoms with E-state index >= 15 is 0 Å². The molecule has 0 radical (unpaired) electrons. The van der Waals surface area contributed by atoms with Gasteiger partial charge in [0.25, 0.3) is 0 Å². The smallest absolute Gasteiger partial charge is 0.233 e. The molecule has 0 saturated heterocycles. The number of anilines is 2. The first kappa shape index (κ1) is 13.5. The zero-order chi connectivity index (χ0) is 13.6. The van der Waals surface area contributed by atoms with Crippen molar-refractivity contribution in [2.45, 2.75) is 17.7 Å². The summed E-state index contributed by atoms with van der Waals surface area (Å²) in [5.74, 6) is -0.137. The normalized spacial score (nSPS) is 24.5. The van der Waals surface area contributed by atoms with Gasteiger partial charge < -0.3 is 10.2 Å². The van der Waals surface area contributed by atoms with Gasteiger partial charge in [0, 0.05) is 14.1 Å². The molecular formula is C13H16Cl2N2O. The molecule has 0 unspecified atom stereocenters. The SMILES string of the molecule is CN(C)c1ccccc1NC(=O)[C@@]1(C)CC1(Cl)Cl. The molecule has 18 heavy (non-hydrogen) atoms. The second kappa shape index (κ2) is 4.32. The van der Waals surface area contributed by atoms with Gasteiger partial charge in [-0.05, 0) is 25.5 Å². The number of nitrogens with zero attached hydrogens (tertiary/aromatic N) is 1. The maximum absolute atomic E-state index is 12.2. The highest BCUT2D eigenvalue weighted by atomic mass is 35.5. The second-order valence-electron chi connectivity index (χ2n) is 5.08. The van der Waals surface area contributed by atoms with Gasteiger partial charge in [-0.3, -0.25) is 4.79 Å². The van der Waals surface area contributed by atoms with Gasteiger partial charge in [-0.25, -0.2) is 0 Å². The lowest BCUT2D eigenvalue weighted by Gasteiger charge is -2.19. The summed E-state index contributed by atoms with van der Waals surface area (Å²) in [5, 5.41) is 2.90. The zero-order valence-corrected chi connectivity index (χ0v) is 12.1. The standard InChI is InChI=1S/C13H16Cl2N2O/c1-12(8-13(12,14)15)11(18)16-9-6-4-5-7-10(9)17(2)3/h4-7H,8H2,1-3H3,(H,16,18)/t12-/m1/s1. The molecule has 1 fully saturated rings. The fourth-order valence-corrected chi connectivity index (χ4v) is 2.58. The number of amides is 1. The predicted molar refractivity (Wildman–Crippen MR) is 76.6 cm³/mol. The first-order chi connectivity index (χ1) is 8.28. The Morgan fingerprint density at radius 1 is 1.33 bits per heavy atom. The van der Waals surface area contributed by atoms with Crippen molar-refractivity contribution in [2.24, 2.45) is 5.41 Å². The Labute approximate surface area is 117 Å². The molecule has 1 saturated carbocycles. The van der Waals surface area contributed by atoms with Crippen molar-refractivity contribution in [3.05, 3.63) is 24.3 Å². The summed E-state index contributed by atoms with van der Waals surface area (Å²) < 4.78 is -0.940. The van der Waals surface area contributed by atoms with Crippen LogP contribution in [0.5, 0.6) is 0 Å². The van der Waals surface area contributed by atoms with E-state index in [0.29, 0.717) is 6.42 Å². The van der Waals surface area contributed by atoms with Gasteiger partial charge in [0.05, 0.1) is 16.8 Å². The van der Waals surface area contributed by atoms with Crippen LogP contribution < -0.4 is 10.2 Å². The number of hydrogen-bond donors (Lipinski definition) is 1. The molecule has 0 aliphatic heterocycles. The molecule has 1 aromatic rings. The van der Waals surface area contributed by atoms with Crippen LogP contribution in [0.2, 0.25) is 0 Å². The van der Waals surface area contributed by atoms with Crippen molar-refractivity contribution in [2.75, 3.05) is 24.3 Å². The van der Waals surface area contributed by atoms with Crippen molar-refractivity contribution in [1.29, 1.82) is 0 Å². The van der Waals surface area contributed by atoms with E-state index in [1.807, 2.05) is 43.3 Å². The molecule has 0 aromatic heterocycles. The largest absolute Gasteiger partial charge is 0.376 e. The van der Waals surface area contributed by atoms with E-state index in [4.69, 9.17) is 23.2 Å². The molecule has 1 aliphatic rings. The minimum Gasteiger partial charge on any atom is -0.376 e. The molecule has 0 bridgehead atoms. The van der Waals surface area contributed by atoms with Gasteiger partial charge in [-0.15, -0.1) is 23.2 Å². The Kier molecular flexibility index (Phi) is 3.24. The molecule has 98 valence electrons. The number of nitrogens with one attached hydrogen (secondary N) is 1. The van der Waals surface area contributed by atoms with E-state index in [-0.39, 0.29) is 5.91 Å². The van der Waals surface area contributed by atoms with E-state index in [9.17, 15) is 4.79 Å². The van der Waals surface area contributed by atoms with E-state index in [0.717, 1.165) is 11.4 Å². The summed E-state index contributed by atoms with van der Waals surface area (Å²) in [7, 11) is 3.86. The molecular weight excluding hydrogens is 271 g/mol. The number of carbonyl (C=O) groups is 1. The molecule has 0 spiro atoms. The van der Waals surface area contributed by atoms with Gasteiger partial charge in [0.15, 0.2) is 0 Å². The molecule has 0 heterocycles. The molecule has 1 aliphatic carbocycles. The number of benzene rings is 1. The van der Waals surface area contributed by atoms with Crippen LogP contribution in [0.4, 0.5) is 11.4 Å². The number of alkyl halides is 2. The Morgan fingerprint density at radius 3 is 2.39 bits per heavy atom. The summed E-state index contributed by atoms with van der Waals surface area (Å²) in [6.07, 6.45) is 0.485. The minimum absolute atomic E-state index is 0.137. The highest BCUT2D eigenvalue weighted by molar-refractivity contribution is 6.53. The number of halogens is 2. The number of hydrogen-bond acceptors (Lipinski definition) is 2. The third-order valence-corrected chi connectivity index (χ3v) is 4.49. The first-order valence-corrected chi connectivity index (χ1v) is 6.49. The third kappa shape index (κ3) is 2.17. The van der Waals surface area contributed by atoms with Crippen LogP contribution in [0, 0.1) is 5.41 Å². The fourth-order valence-electron chi connectivity index (χ4n) is 1.88. The molecule has 5 heteroatoms. The molecule has 3 nitrogen and oxygen atoms in total. The van der Waals surface area contributed by atoms with Crippen LogP contribution in [0.3, 0.4) is 0 Å². The van der Waals surface area contributed by atoms with Crippen molar-refractivity contribution >= 4 is 40.5 Å². The summed E-state index contributed by atoms with van der Waals surface area (Å²) in [6.45, 7) is 1.78. The van der Waals surface area contributed by atoms with Crippen LogP contribution in [-0.4, -0.2) is 24.3 Å². The monoisotopic (exact) mass is 286 g/mol. The fraction of sp³-hybridized carbons (Fsp3) is 0.462. The van der Waals surface area contributed by atoms with Crippen LogP contribution in [0.25, 0.3) is 0 Å². The van der Waals surface area contributed by atoms with Crippen LogP contribution in [0.1, 0.15) is 13.3 Å². The minimum atomic E-state index is -0.940. The number of carbonyl (C=O) groups excluding carboxylic acids is 1. The van der Waals surface area contributed by atoms with E-state index < -0.39 is 9.75 Å². The topological polar surface area (TPSA) is 32.3 Å². The van der Waals surface area contributed by atoms with Crippen molar-refractivity contribution in [3.8, 4) is 0 Å². The lowest BCUT2D eigenvalue weighted by molar-refractivity contribution is -0.120. The summed E-state index contributed by atoms with van der Waals surface area (Å²) in [4.78, 5) is 14.1. The highest BCUT2D eigenvalue weighted by Crippen LogP contribution is 2.64. The lowest BCUT2D eigenvalue weighted by atomic mass is 10.1. The Hall–Kier alpha value is -0.930. The molecule has 1 atom stereocenters. The number of rotatable bonds is 3. The predicted octanol–water partition coefficient (Wildman–Crippen LogP) is 3.28. The Morgan fingerprint density at radius 2 is 1.89 bits per heavy atom. The average Bonchev–Trinajstić information content (AvgIpc) is 2.80. The van der Waals surface area contributed by atoms with E-state index in [1.54, 1.807) is 6.92 Å². The lowest BCUT2D eigenvalue weighted by Crippen LogP contribution is -2.26. The average molecular weight is 287 g/mol. The maximum Gasteiger partial charge on any atom is 0.233 e. The second-order valence-corrected chi connectivity index (χ2v) is 6.56. The van der Waals surface area contributed by atoms with Crippen LogP contribution in [0.15, 0.2) is 24.3 Å². The summed E-state index contributed by atoms with van der Waals surface area (Å²) >= 11 is 12.0.